The molecule has 8 heteroatoms. The van der Waals surface area contributed by atoms with Gasteiger partial charge < -0.3 is 21.5 Å². The molecule has 1 amide bonds. The molecule has 0 atom stereocenters. The van der Waals surface area contributed by atoms with Crippen molar-refractivity contribution in [3.63, 3.8) is 0 Å². The molecule has 7 nitrogen and oxygen atoms in total. The quantitative estimate of drug-likeness (QED) is 0.551. The zero-order valence-electron chi connectivity index (χ0n) is 14.6. The van der Waals surface area contributed by atoms with E-state index in [1.807, 2.05) is 25.1 Å². The third kappa shape index (κ3) is 4.53. The molecular weight excluding hydrogens is 410 g/mol. The minimum atomic E-state index is -0.478. The number of aromatic nitrogens is 2. The summed E-state index contributed by atoms with van der Waals surface area (Å²) in [5.41, 5.74) is 13.8. The van der Waals surface area contributed by atoms with Crippen LogP contribution in [0.15, 0.2) is 53.0 Å². The van der Waals surface area contributed by atoms with Crippen LogP contribution in [0.25, 0.3) is 11.3 Å². The van der Waals surface area contributed by atoms with Crippen LogP contribution in [0.1, 0.15) is 17.3 Å². The van der Waals surface area contributed by atoms with Crippen molar-refractivity contribution in [2.75, 3.05) is 17.7 Å². The smallest absolute Gasteiger partial charge is 0.248 e. The van der Waals surface area contributed by atoms with Crippen LogP contribution in [0.2, 0.25) is 0 Å². The lowest BCUT2D eigenvalue weighted by Gasteiger charge is -2.12. The maximum Gasteiger partial charge on any atom is 0.248 e. The van der Waals surface area contributed by atoms with E-state index in [-0.39, 0.29) is 5.95 Å². The third-order valence-electron chi connectivity index (χ3n) is 3.70. The molecule has 27 heavy (non-hydrogen) atoms. The summed E-state index contributed by atoms with van der Waals surface area (Å²) in [5, 5.41) is 3.15. The Hall–Kier alpha value is -3.13. The van der Waals surface area contributed by atoms with Crippen molar-refractivity contribution in [3.05, 3.63) is 58.6 Å². The summed E-state index contributed by atoms with van der Waals surface area (Å²) in [6.45, 7) is 2.45. The Bertz CT molecular complexity index is 976. The van der Waals surface area contributed by atoms with E-state index in [0.717, 1.165) is 15.7 Å². The van der Waals surface area contributed by atoms with Crippen LogP contribution in [-0.4, -0.2) is 22.5 Å². The Labute approximate surface area is 164 Å². The number of hydrogen-bond donors (Lipinski definition) is 3. The molecule has 1 aromatic heterocycles. The van der Waals surface area contributed by atoms with Gasteiger partial charge in [-0.2, -0.15) is 4.98 Å². The molecule has 0 fully saturated rings. The first-order valence-electron chi connectivity index (χ1n) is 8.20. The van der Waals surface area contributed by atoms with Gasteiger partial charge in [0.25, 0.3) is 0 Å². The van der Waals surface area contributed by atoms with Gasteiger partial charge in [-0.05, 0) is 49.4 Å². The number of nitrogens with one attached hydrogen (secondary N) is 1. The highest BCUT2D eigenvalue weighted by atomic mass is 79.9. The first kappa shape index (κ1) is 18.7. The number of ether oxygens (including phenoxy) is 1. The molecule has 0 saturated heterocycles. The summed E-state index contributed by atoms with van der Waals surface area (Å²) in [6, 6.07) is 14.2. The van der Waals surface area contributed by atoms with Crippen molar-refractivity contribution < 1.29 is 9.53 Å². The predicted octanol–water partition coefficient (Wildman–Crippen LogP) is 3.73. The second-order valence-electron chi connectivity index (χ2n) is 5.64. The van der Waals surface area contributed by atoms with Gasteiger partial charge in [0, 0.05) is 27.4 Å². The van der Waals surface area contributed by atoms with E-state index >= 15 is 0 Å². The van der Waals surface area contributed by atoms with Crippen LogP contribution in [0, 0.1) is 0 Å². The van der Waals surface area contributed by atoms with E-state index < -0.39 is 5.91 Å². The fourth-order valence-corrected chi connectivity index (χ4v) is 2.88. The summed E-state index contributed by atoms with van der Waals surface area (Å²) < 4.78 is 6.59. The van der Waals surface area contributed by atoms with Crippen molar-refractivity contribution in [2.45, 2.75) is 6.92 Å². The molecule has 0 saturated carbocycles. The van der Waals surface area contributed by atoms with Gasteiger partial charge >= 0.3 is 0 Å². The number of amides is 1. The molecule has 5 N–H and O–H groups in total. The summed E-state index contributed by atoms with van der Waals surface area (Å²) in [4.78, 5) is 19.7. The molecule has 2 aromatic carbocycles. The summed E-state index contributed by atoms with van der Waals surface area (Å²) in [5.74, 6) is 0.877. The van der Waals surface area contributed by atoms with Gasteiger partial charge in [-0.1, -0.05) is 15.9 Å². The Kier molecular flexibility index (Phi) is 5.56. The third-order valence-corrected chi connectivity index (χ3v) is 4.20. The minimum absolute atomic E-state index is 0.131. The highest BCUT2D eigenvalue weighted by Crippen LogP contribution is 2.33. The molecule has 0 aliphatic carbocycles. The van der Waals surface area contributed by atoms with Crippen molar-refractivity contribution in [1.29, 1.82) is 0 Å². The molecule has 0 aliphatic heterocycles. The topological polar surface area (TPSA) is 116 Å². The monoisotopic (exact) mass is 427 g/mol. The molecule has 0 spiro atoms. The van der Waals surface area contributed by atoms with Crippen LogP contribution >= 0.6 is 15.9 Å². The first-order valence-corrected chi connectivity index (χ1v) is 8.99. The van der Waals surface area contributed by atoms with Gasteiger partial charge in [0.15, 0.2) is 0 Å². The van der Waals surface area contributed by atoms with Gasteiger partial charge in [-0.25, -0.2) is 4.98 Å². The Morgan fingerprint density at radius 3 is 2.56 bits per heavy atom. The van der Waals surface area contributed by atoms with Crippen LogP contribution in [0.3, 0.4) is 0 Å². The lowest BCUT2D eigenvalue weighted by molar-refractivity contribution is 0.100. The number of anilines is 3. The summed E-state index contributed by atoms with van der Waals surface area (Å²) in [6.07, 6.45) is 0. The van der Waals surface area contributed by atoms with Gasteiger partial charge in [0.05, 0.1) is 12.3 Å². The second-order valence-corrected chi connectivity index (χ2v) is 6.55. The zero-order valence-corrected chi connectivity index (χ0v) is 16.2. The lowest BCUT2D eigenvalue weighted by Crippen LogP contribution is -2.10. The molecule has 3 aromatic rings. The molecule has 0 aliphatic rings. The van der Waals surface area contributed by atoms with Crippen molar-refractivity contribution >= 4 is 39.3 Å². The largest absolute Gasteiger partial charge is 0.493 e. The average molecular weight is 428 g/mol. The number of benzene rings is 2. The Balaban J connectivity index is 1.95. The Morgan fingerprint density at radius 2 is 1.89 bits per heavy atom. The number of carbonyl (C=O) groups is 1. The normalized spacial score (nSPS) is 10.4. The highest BCUT2D eigenvalue weighted by molar-refractivity contribution is 9.10. The van der Waals surface area contributed by atoms with E-state index in [1.54, 1.807) is 30.3 Å². The number of carbonyl (C=O) groups excluding carboxylic acids is 1. The van der Waals surface area contributed by atoms with E-state index in [1.165, 1.54) is 0 Å². The van der Waals surface area contributed by atoms with Crippen LogP contribution in [0.4, 0.5) is 17.5 Å². The number of nitrogens with two attached hydrogens (primary N) is 2. The van der Waals surface area contributed by atoms with E-state index in [2.05, 4.69) is 31.2 Å². The van der Waals surface area contributed by atoms with Crippen molar-refractivity contribution in [1.82, 2.24) is 9.97 Å². The fraction of sp³-hybridized carbons (Fsp3) is 0.105. The van der Waals surface area contributed by atoms with Gasteiger partial charge in [0.1, 0.15) is 11.6 Å². The molecule has 0 radical (unpaired) electrons. The van der Waals surface area contributed by atoms with E-state index in [9.17, 15) is 4.79 Å². The van der Waals surface area contributed by atoms with Crippen LogP contribution in [-0.2, 0) is 0 Å². The summed E-state index contributed by atoms with van der Waals surface area (Å²) in [7, 11) is 0. The molecule has 138 valence electrons. The highest BCUT2D eigenvalue weighted by Gasteiger charge is 2.12. The van der Waals surface area contributed by atoms with Crippen LogP contribution < -0.4 is 21.5 Å². The van der Waals surface area contributed by atoms with Gasteiger partial charge in [0.2, 0.25) is 11.9 Å². The van der Waals surface area contributed by atoms with E-state index in [4.69, 9.17) is 16.2 Å². The van der Waals surface area contributed by atoms with Gasteiger partial charge in [-0.15, -0.1) is 0 Å². The standard InChI is InChI=1S/C19H18BrN5O2/c1-2-27-16-8-5-12(20)9-14(16)15-10-17(25-19(22)24-15)23-13-6-3-11(4-7-13)18(21)26/h3-10H,2H2,1H3,(H2,21,26)(H3,22,23,24,25). The maximum atomic E-state index is 11.2. The maximum absolute atomic E-state index is 11.2. The Morgan fingerprint density at radius 1 is 1.15 bits per heavy atom. The number of halogens is 1. The lowest BCUT2D eigenvalue weighted by atomic mass is 10.1. The van der Waals surface area contributed by atoms with Gasteiger partial charge in [-0.3, -0.25) is 4.79 Å². The first-order chi connectivity index (χ1) is 13.0. The summed E-state index contributed by atoms with van der Waals surface area (Å²) >= 11 is 3.47. The number of rotatable bonds is 6. The number of primary amides is 1. The van der Waals surface area contributed by atoms with Crippen molar-refractivity contribution in [2.24, 2.45) is 5.73 Å². The van der Waals surface area contributed by atoms with Crippen LogP contribution in [0.5, 0.6) is 5.75 Å². The number of nitrogens with zero attached hydrogens (tertiary/aromatic N) is 2. The molecule has 1 heterocycles. The zero-order chi connectivity index (χ0) is 19.4. The average Bonchev–Trinajstić information content (AvgIpc) is 2.63. The molecule has 3 rings (SSSR count). The number of hydrogen-bond acceptors (Lipinski definition) is 6. The SMILES string of the molecule is CCOc1ccc(Br)cc1-c1cc(Nc2ccc(C(N)=O)cc2)nc(N)n1. The predicted molar refractivity (Wildman–Crippen MR) is 109 cm³/mol. The molecular formula is C19H18BrN5O2. The molecule has 0 unspecified atom stereocenters. The van der Waals surface area contributed by atoms with E-state index in [0.29, 0.717) is 29.4 Å². The molecule has 0 bridgehead atoms. The van der Waals surface area contributed by atoms with Crippen molar-refractivity contribution in [3.8, 4) is 17.0 Å². The minimum Gasteiger partial charge on any atom is -0.493 e. The second kappa shape index (κ2) is 8.05. The number of nitrogen functional groups attached to an aromatic ring is 1. The fourth-order valence-electron chi connectivity index (χ4n) is 2.52.